The van der Waals surface area contributed by atoms with E-state index in [2.05, 4.69) is 5.32 Å². The number of hydrogen-bond acceptors (Lipinski definition) is 3. The monoisotopic (exact) mass is 285 g/mol. The van der Waals surface area contributed by atoms with Crippen LogP contribution in [0.2, 0.25) is 0 Å². The zero-order chi connectivity index (χ0) is 15.8. The molecule has 21 heavy (non-hydrogen) atoms. The molecule has 0 radical (unpaired) electrons. The highest BCUT2D eigenvalue weighted by molar-refractivity contribution is 5.92. The largest absolute Gasteiger partial charge is 0.338 e. The van der Waals surface area contributed by atoms with E-state index < -0.39 is 0 Å². The summed E-state index contributed by atoms with van der Waals surface area (Å²) in [7, 11) is 1.68. The molecule has 0 aromatic heterocycles. The van der Waals surface area contributed by atoms with Crippen molar-refractivity contribution in [1.29, 1.82) is 5.26 Å². The third kappa shape index (κ3) is 5.49. The van der Waals surface area contributed by atoms with Gasteiger partial charge in [0, 0.05) is 31.8 Å². The molecular formula is C16H19N3O2. The second-order valence-electron chi connectivity index (χ2n) is 4.80. The number of likely N-dealkylation sites (N-methyl/N-ethyl adjacent to an activating group) is 1. The highest BCUT2D eigenvalue weighted by Gasteiger charge is 2.12. The van der Waals surface area contributed by atoms with Crippen molar-refractivity contribution in [1.82, 2.24) is 4.90 Å². The van der Waals surface area contributed by atoms with Crippen molar-refractivity contribution >= 4 is 23.6 Å². The van der Waals surface area contributed by atoms with Crippen LogP contribution in [0, 0.1) is 11.3 Å². The average molecular weight is 285 g/mol. The Morgan fingerprint density at radius 3 is 2.52 bits per heavy atom. The van der Waals surface area contributed by atoms with Crippen LogP contribution >= 0.6 is 0 Å². The van der Waals surface area contributed by atoms with Crippen LogP contribution in [0.3, 0.4) is 0 Å². The van der Waals surface area contributed by atoms with Gasteiger partial charge in [0.2, 0.25) is 11.8 Å². The Balaban J connectivity index is 2.66. The van der Waals surface area contributed by atoms with Crippen molar-refractivity contribution in [3.05, 3.63) is 35.9 Å². The molecule has 1 aromatic carbocycles. The molecule has 1 rings (SSSR count). The van der Waals surface area contributed by atoms with E-state index >= 15 is 0 Å². The Morgan fingerprint density at radius 2 is 2.00 bits per heavy atom. The highest BCUT2D eigenvalue weighted by atomic mass is 16.2. The molecule has 0 spiro atoms. The van der Waals surface area contributed by atoms with E-state index in [-0.39, 0.29) is 17.9 Å². The molecule has 0 unspecified atom stereocenters. The van der Waals surface area contributed by atoms with E-state index in [1.165, 1.54) is 17.9 Å². The average Bonchev–Trinajstić information content (AvgIpc) is 2.45. The molecule has 0 fully saturated rings. The quantitative estimate of drug-likeness (QED) is 0.844. The van der Waals surface area contributed by atoms with Gasteiger partial charge in [0.25, 0.3) is 0 Å². The van der Waals surface area contributed by atoms with E-state index in [1.807, 2.05) is 25.1 Å². The maximum absolute atomic E-state index is 11.9. The van der Waals surface area contributed by atoms with Gasteiger partial charge in [-0.15, -0.1) is 0 Å². The molecule has 5 nitrogen and oxygen atoms in total. The topological polar surface area (TPSA) is 73.2 Å². The maximum Gasteiger partial charge on any atom is 0.246 e. The first-order chi connectivity index (χ1) is 9.93. The van der Waals surface area contributed by atoms with Gasteiger partial charge in [0.1, 0.15) is 0 Å². The molecule has 0 aliphatic rings. The van der Waals surface area contributed by atoms with Gasteiger partial charge in [0.15, 0.2) is 0 Å². The number of benzene rings is 1. The van der Waals surface area contributed by atoms with Crippen LogP contribution < -0.4 is 5.32 Å². The van der Waals surface area contributed by atoms with Crippen LogP contribution in [0.1, 0.15) is 25.8 Å². The van der Waals surface area contributed by atoms with Gasteiger partial charge >= 0.3 is 0 Å². The third-order valence-corrected chi connectivity index (χ3v) is 3.04. The van der Waals surface area contributed by atoms with E-state index in [4.69, 9.17) is 5.26 Å². The molecular weight excluding hydrogens is 266 g/mol. The molecule has 0 saturated carbocycles. The number of carbonyl (C=O) groups is 2. The molecule has 2 amide bonds. The van der Waals surface area contributed by atoms with E-state index in [9.17, 15) is 9.59 Å². The standard InChI is InChI=1S/C16H19N3O2/c1-12(10-11-17)19(3)16(21)9-6-14-4-7-15(8-5-14)18-13(2)20/h4-9,12H,10H2,1-3H3,(H,18,20)/b9-6+/t12-/m1/s1. The second kappa shape index (κ2) is 7.85. The first kappa shape index (κ1) is 16.4. The van der Waals surface area contributed by atoms with Gasteiger partial charge in [0.05, 0.1) is 12.5 Å². The number of nitrogens with zero attached hydrogens (tertiary/aromatic N) is 2. The fourth-order valence-electron chi connectivity index (χ4n) is 1.65. The highest BCUT2D eigenvalue weighted by Crippen LogP contribution is 2.11. The van der Waals surface area contributed by atoms with Gasteiger partial charge < -0.3 is 10.2 Å². The lowest BCUT2D eigenvalue weighted by Crippen LogP contribution is -2.33. The van der Waals surface area contributed by atoms with Gasteiger partial charge in [-0.05, 0) is 30.7 Å². The van der Waals surface area contributed by atoms with Crippen LogP contribution in [0.4, 0.5) is 5.69 Å². The van der Waals surface area contributed by atoms with Gasteiger partial charge in [-0.25, -0.2) is 0 Å². The van der Waals surface area contributed by atoms with Crippen molar-refractivity contribution in [2.45, 2.75) is 26.3 Å². The number of nitriles is 1. The lowest BCUT2D eigenvalue weighted by atomic mass is 10.1. The zero-order valence-corrected chi connectivity index (χ0v) is 12.5. The van der Waals surface area contributed by atoms with Crippen molar-refractivity contribution in [3.8, 4) is 6.07 Å². The van der Waals surface area contributed by atoms with Crippen molar-refractivity contribution < 1.29 is 9.59 Å². The minimum atomic E-state index is -0.149. The lowest BCUT2D eigenvalue weighted by Gasteiger charge is -2.21. The minimum Gasteiger partial charge on any atom is -0.338 e. The number of hydrogen-bond donors (Lipinski definition) is 1. The van der Waals surface area contributed by atoms with Crippen LogP contribution in [0.15, 0.2) is 30.3 Å². The van der Waals surface area contributed by atoms with E-state index in [0.29, 0.717) is 12.1 Å². The number of rotatable bonds is 5. The first-order valence-electron chi connectivity index (χ1n) is 6.63. The summed E-state index contributed by atoms with van der Waals surface area (Å²) < 4.78 is 0. The predicted molar refractivity (Wildman–Crippen MR) is 82.2 cm³/mol. The molecule has 1 N–H and O–H groups in total. The van der Waals surface area contributed by atoms with Crippen LogP contribution in [-0.2, 0) is 9.59 Å². The van der Waals surface area contributed by atoms with Gasteiger partial charge in [-0.1, -0.05) is 12.1 Å². The van der Waals surface area contributed by atoms with Gasteiger partial charge in [-0.2, -0.15) is 5.26 Å². The van der Waals surface area contributed by atoms with Gasteiger partial charge in [-0.3, -0.25) is 9.59 Å². The van der Waals surface area contributed by atoms with E-state index in [0.717, 1.165) is 5.56 Å². The normalized spacial score (nSPS) is 11.7. The predicted octanol–water partition coefficient (Wildman–Crippen LogP) is 2.42. The summed E-state index contributed by atoms with van der Waals surface area (Å²) in [5, 5.41) is 11.3. The number of nitrogens with one attached hydrogen (secondary N) is 1. The van der Waals surface area contributed by atoms with Crippen molar-refractivity contribution in [2.24, 2.45) is 0 Å². The first-order valence-corrected chi connectivity index (χ1v) is 6.63. The smallest absolute Gasteiger partial charge is 0.246 e. The van der Waals surface area contributed by atoms with Crippen LogP contribution in [0.5, 0.6) is 0 Å². The molecule has 0 aliphatic heterocycles. The summed E-state index contributed by atoms with van der Waals surface area (Å²) in [6.45, 7) is 3.28. The Kier molecular flexibility index (Phi) is 6.15. The molecule has 0 aliphatic carbocycles. The summed E-state index contributed by atoms with van der Waals surface area (Å²) in [5.74, 6) is -0.273. The molecule has 0 heterocycles. The van der Waals surface area contributed by atoms with Crippen molar-refractivity contribution in [3.63, 3.8) is 0 Å². The number of carbonyl (C=O) groups excluding carboxylic acids is 2. The number of amides is 2. The SMILES string of the molecule is CC(=O)Nc1ccc(/C=C/C(=O)N(C)[C@H](C)CC#N)cc1. The Bertz CT molecular complexity index is 570. The van der Waals surface area contributed by atoms with Crippen LogP contribution in [-0.4, -0.2) is 29.8 Å². The lowest BCUT2D eigenvalue weighted by molar-refractivity contribution is -0.126. The second-order valence-corrected chi connectivity index (χ2v) is 4.80. The number of anilines is 1. The van der Waals surface area contributed by atoms with E-state index in [1.54, 1.807) is 25.3 Å². The Labute approximate surface area is 124 Å². The summed E-state index contributed by atoms with van der Waals surface area (Å²) >= 11 is 0. The summed E-state index contributed by atoms with van der Waals surface area (Å²) in [5.41, 5.74) is 1.57. The molecule has 1 atom stereocenters. The molecule has 0 bridgehead atoms. The fraction of sp³-hybridized carbons (Fsp3) is 0.312. The fourth-order valence-corrected chi connectivity index (χ4v) is 1.65. The third-order valence-electron chi connectivity index (χ3n) is 3.04. The molecule has 110 valence electrons. The summed E-state index contributed by atoms with van der Waals surface area (Å²) in [6.07, 6.45) is 3.48. The van der Waals surface area contributed by atoms with Crippen molar-refractivity contribution in [2.75, 3.05) is 12.4 Å². The molecule has 5 heteroatoms. The minimum absolute atomic E-state index is 0.116. The summed E-state index contributed by atoms with van der Waals surface area (Å²) in [4.78, 5) is 24.4. The van der Waals surface area contributed by atoms with Crippen LogP contribution in [0.25, 0.3) is 6.08 Å². The summed E-state index contributed by atoms with van der Waals surface area (Å²) in [6, 6.07) is 9.10. The molecule has 0 saturated heterocycles. The Hall–Kier alpha value is -2.61. The zero-order valence-electron chi connectivity index (χ0n) is 12.5. The maximum atomic E-state index is 11.9. The Morgan fingerprint density at radius 1 is 1.38 bits per heavy atom. The molecule has 1 aromatic rings.